The molecule has 0 radical (unpaired) electrons. The van der Waals surface area contributed by atoms with Crippen molar-refractivity contribution in [3.8, 4) is 0 Å². The molecule has 1 atom stereocenters. The van der Waals surface area contributed by atoms with Crippen LogP contribution in [0.25, 0.3) is 0 Å². The van der Waals surface area contributed by atoms with E-state index in [-0.39, 0.29) is 0 Å². The number of piperazine rings is 1. The summed E-state index contributed by atoms with van der Waals surface area (Å²) in [6.45, 7) is 7.93. The van der Waals surface area contributed by atoms with Crippen LogP contribution in [-0.4, -0.2) is 44.3 Å². The molecule has 0 aliphatic carbocycles. The Labute approximate surface area is 104 Å². The van der Waals surface area contributed by atoms with E-state index in [1.165, 1.54) is 5.56 Å². The lowest BCUT2D eigenvalue weighted by molar-refractivity contribution is 0.0829. The molecule has 0 bridgehead atoms. The van der Waals surface area contributed by atoms with Gasteiger partial charge in [-0.2, -0.15) is 0 Å². The highest BCUT2D eigenvalue weighted by Gasteiger charge is 2.22. The molecule has 17 heavy (non-hydrogen) atoms. The van der Waals surface area contributed by atoms with Crippen LogP contribution in [0.1, 0.15) is 18.5 Å². The molecule has 1 aliphatic heterocycles. The van der Waals surface area contributed by atoms with Gasteiger partial charge in [0.25, 0.3) is 0 Å². The Balaban J connectivity index is 1.97. The molecule has 94 valence electrons. The number of nitrogens with one attached hydrogen (secondary N) is 1. The fourth-order valence-corrected chi connectivity index (χ4v) is 2.34. The molecule has 0 unspecified atom stereocenters. The van der Waals surface area contributed by atoms with Crippen LogP contribution in [0.15, 0.2) is 30.3 Å². The van der Waals surface area contributed by atoms with Crippen LogP contribution in [0.2, 0.25) is 0 Å². The van der Waals surface area contributed by atoms with Gasteiger partial charge >= 0.3 is 0 Å². The van der Waals surface area contributed by atoms with Gasteiger partial charge in [-0.15, -0.1) is 0 Å². The summed E-state index contributed by atoms with van der Waals surface area (Å²) >= 11 is 0. The fraction of sp³-hybridized carbons (Fsp3) is 0.571. The first-order valence-corrected chi connectivity index (χ1v) is 6.49. The molecule has 1 saturated heterocycles. The summed E-state index contributed by atoms with van der Waals surface area (Å²) in [6.07, 6.45) is 0. The van der Waals surface area contributed by atoms with Crippen molar-refractivity contribution in [1.82, 2.24) is 10.2 Å². The van der Waals surface area contributed by atoms with Crippen molar-refractivity contribution in [2.75, 3.05) is 39.4 Å². The van der Waals surface area contributed by atoms with Crippen LogP contribution in [0, 0.1) is 0 Å². The van der Waals surface area contributed by atoms with Gasteiger partial charge in [-0.05, 0) is 12.5 Å². The lowest BCUT2D eigenvalue weighted by atomic mass is 10.0. The Morgan fingerprint density at radius 3 is 2.94 bits per heavy atom. The number of rotatable bonds is 5. The molecule has 1 fully saturated rings. The van der Waals surface area contributed by atoms with E-state index >= 15 is 0 Å². The lowest BCUT2D eigenvalue weighted by Crippen LogP contribution is -2.47. The Morgan fingerprint density at radius 2 is 2.18 bits per heavy atom. The molecule has 1 heterocycles. The van der Waals surface area contributed by atoms with E-state index < -0.39 is 0 Å². The molecule has 0 amide bonds. The van der Waals surface area contributed by atoms with E-state index in [1.807, 2.05) is 6.92 Å². The van der Waals surface area contributed by atoms with Crippen LogP contribution in [-0.2, 0) is 4.74 Å². The highest BCUT2D eigenvalue weighted by molar-refractivity contribution is 5.20. The molecule has 3 heteroatoms. The number of hydrogen-bond donors (Lipinski definition) is 1. The zero-order valence-electron chi connectivity index (χ0n) is 10.6. The summed E-state index contributed by atoms with van der Waals surface area (Å²) in [7, 11) is 0. The Hall–Kier alpha value is -0.900. The van der Waals surface area contributed by atoms with E-state index in [4.69, 9.17) is 4.74 Å². The van der Waals surface area contributed by atoms with Gasteiger partial charge < -0.3 is 10.1 Å². The van der Waals surface area contributed by atoms with Crippen LogP contribution in [0.4, 0.5) is 0 Å². The monoisotopic (exact) mass is 234 g/mol. The second kappa shape index (κ2) is 6.74. The van der Waals surface area contributed by atoms with Crippen molar-refractivity contribution in [1.29, 1.82) is 0 Å². The minimum atomic E-state index is 0.491. The Kier molecular flexibility index (Phi) is 4.98. The predicted molar refractivity (Wildman–Crippen MR) is 70.1 cm³/mol. The van der Waals surface area contributed by atoms with E-state index in [0.717, 1.165) is 39.4 Å². The van der Waals surface area contributed by atoms with Gasteiger partial charge in [-0.25, -0.2) is 0 Å². The fourth-order valence-electron chi connectivity index (χ4n) is 2.34. The standard InChI is InChI=1S/C14H22N2O/c1-2-17-11-10-16-9-8-15-12-14(16)13-6-4-3-5-7-13/h3-7,14-15H,2,8-12H2,1H3/t14-/m0/s1. The van der Waals surface area contributed by atoms with Crippen LogP contribution in [0.5, 0.6) is 0 Å². The van der Waals surface area contributed by atoms with E-state index in [2.05, 4.69) is 40.5 Å². The molecule has 2 rings (SSSR count). The van der Waals surface area contributed by atoms with Crippen LogP contribution < -0.4 is 5.32 Å². The van der Waals surface area contributed by atoms with Gasteiger partial charge in [-0.1, -0.05) is 30.3 Å². The highest BCUT2D eigenvalue weighted by Crippen LogP contribution is 2.21. The molecule has 0 spiro atoms. The predicted octanol–water partition coefficient (Wildman–Crippen LogP) is 1.67. The molecular formula is C14H22N2O. The van der Waals surface area contributed by atoms with Crippen molar-refractivity contribution in [3.63, 3.8) is 0 Å². The van der Waals surface area contributed by atoms with Crippen molar-refractivity contribution in [2.45, 2.75) is 13.0 Å². The summed E-state index contributed by atoms with van der Waals surface area (Å²) in [5, 5.41) is 3.47. The van der Waals surface area contributed by atoms with Crippen LogP contribution >= 0.6 is 0 Å². The summed E-state index contributed by atoms with van der Waals surface area (Å²) < 4.78 is 5.46. The summed E-state index contributed by atoms with van der Waals surface area (Å²) in [4.78, 5) is 2.52. The molecule has 1 N–H and O–H groups in total. The quantitative estimate of drug-likeness (QED) is 0.784. The average molecular weight is 234 g/mol. The lowest BCUT2D eigenvalue weighted by Gasteiger charge is -2.36. The first kappa shape index (κ1) is 12.6. The minimum absolute atomic E-state index is 0.491. The molecule has 1 aromatic carbocycles. The molecule has 1 aromatic rings. The van der Waals surface area contributed by atoms with Gasteiger partial charge in [0.15, 0.2) is 0 Å². The number of hydrogen-bond acceptors (Lipinski definition) is 3. The maximum Gasteiger partial charge on any atom is 0.0593 e. The van der Waals surface area contributed by atoms with Crippen molar-refractivity contribution in [2.24, 2.45) is 0 Å². The molecule has 3 nitrogen and oxygen atoms in total. The van der Waals surface area contributed by atoms with Crippen LogP contribution in [0.3, 0.4) is 0 Å². The smallest absolute Gasteiger partial charge is 0.0593 e. The molecule has 0 aromatic heterocycles. The maximum atomic E-state index is 5.46. The Bertz CT molecular complexity index is 315. The average Bonchev–Trinajstić information content (AvgIpc) is 2.41. The van der Waals surface area contributed by atoms with Gasteiger partial charge in [0, 0.05) is 38.8 Å². The largest absolute Gasteiger partial charge is 0.380 e. The third-order valence-electron chi connectivity index (χ3n) is 3.27. The minimum Gasteiger partial charge on any atom is -0.380 e. The van der Waals surface area contributed by atoms with Crippen molar-refractivity contribution in [3.05, 3.63) is 35.9 Å². The van der Waals surface area contributed by atoms with Gasteiger partial charge in [-0.3, -0.25) is 4.90 Å². The number of benzene rings is 1. The van der Waals surface area contributed by atoms with Crippen molar-refractivity contribution >= 4 is 0 Å². The SMILES string of the molecule is CCOCCN1CCNC[C@H]1c1ccccc1. The Morgan fingerprint density at radius 1 is 1.35 bits per heavy atom. The third-order valence-corrected chi connectivity index (χ3v) is 3.27. The molecule has 0 saturated carbocycles. The van der Waals surface area contributed by atoms with E-state index in [1.54, 1.807) is 0 Å². The molecular weight excluding hydrogens is 212 g/mol. The molecule has 1 aliphatic rings. The van der Waals surface area contributed by atoms with Gasteiger partial charge in [0.05, 0.1) is 6.61 Å². The maximum absolute atomic E-state index is 5.46. The zero-order valence-corrected chi connectivity index (χ0v) is 10.6. The highest BCUT2D eigenvalue weighted by atomic mass is 16.5. The second-order valence-corrected chi connectivity index (χ2v) is 4.36. The third kappa shape index (κ3) is 3.53. The van der Waals surface area contributed by atoms with Gasteiger partial charge in [0.2, 0.25) is 0 Å². The number of nitrogens with zero attached hydrogens (tertiary/aromatic N) is 1. The zero-order chi connectivity index (χ0) is 11.9. The van der Waals surface area contributed by atoms with Gasteiger partial charge in [0.1, 0.15) is 0 Å². The summed E-state index contributed by atoms with van der Waals surface area (Å²) in [5.74, 6) is 0. The topological polar surface area (TPSA) is 24.5 Å². The van der Waals surface area contributed by atoms with Crippen molar-refractivity contribution < 1.29 is 4.74 Å². The first-order chi connectivity index (χ1) is 8.42. The second-order valence-electron chi connectivity index (χ2n) is 4.36. The number of ether oxygens (including phenoxy) is 1. The van der Waals surface area contributed by atoms with E-state index in [0.29, 0.717) is 6.04 Å². The summed E-state index contributed by atoms with van der Waals surface area (Å²) in [5.41, 5.74) is 1.40. The first-order valence-electron chi connectivity index (χ1n) is 6.49. The normalized spacial score (nSPS) is 21.6. The summed E-state index contributed by atoms with van der Waals surface area (Å²) in [6, 6.07) is 11.2. The van der Waals surface area contributed by atoms with E-state index in [9.17, 15) is 0 Å².